The van der Waals surface area contributed by atoms with Crippen LogP contribution in [0.3, 0.4) is 0 Å². The van der Waals surface area contributed by atoms with Crippen molar-refractivity contribution in [3.63, 3.8) is 0 Å². The van der Waals surface area contributed by atoms with Crippen LogP contribution in [0.15, 0.2) is 12.3 Å². The van der Waals surface area contributed by atoms with Gasteiger partial charge in [-0.25, -0.2) is 0 Å². The van der Waals surface area contributed by atoms with E-state index in [9.17, 15) is 0 Å². The van der Waals surface area contributed by atoms with Gasteiger partial charge in [-0.2, -0.15) is 0 Å². The van der Waals surface area contributed by atoms with Gasteiger partial charge in [-0.1, -0.05) is 0 Å². The van der Waals surface area contributed by atoms with Crippen molar-refractivity contribution < 1.29 is 4.74 Å². The molecule has 1 atom stereocenters. The zero-order valence-electron chi connectivity index (χ0n) is 11.1. The Bertz CT molecular complexity index is 431. The Kier molecular flexibility index (Phi) is 3.12. The number of anilines is 1. The maximum Gasteiger partial charge on any atom is 0.160 e. The zero-order valence-corrected chi connectivity index (χ0v) is 11.1. The van der Waals surface area contributed by atoms with Crippen LogP contribution in [0.5, 0.6) is 5.75 Å². The molecular weight excluding hydrogens is 226 g/mol. The number of hydrogen-bond acceptors (Lipinski definition) is 4. The van der Waals surface area contributed by atoms with E-state index in [-0.39, 0.29) is 0 Å². The summed E-state index contributed by atoms with van der Waals surface area (Å²) < 4.78 is 5.36. The van der Waals surface area contributed by atoms with E-state index in [4.69, 9.17) is 4.74 Å². The molecule has 1 aromatic heterocycles. The maximum absolute atomic E-state index is 5.36. The van der Waals surface area contributed by atoms with Crippen molar-refractivity contribution in [2.45, 2.75) is 38.3 Å². The number of rotatable bonds is 4. The third-order valence-corrected chi connectivity index (χ3v) is 3.87. The molecule has 4 heteroatoms. The van der Waals surface area contributed by atoms with Gasteiger partial charge >= 0.3 is 0 Å². The molecule has 2 fully saturated rings. The second kappa shape index (κ2) is 4.76. The SMILES string of the molecule is COc1cnc(C)cc1NC1CCN(C2CC2)C1. The van der Waals surface area contributed by atoms with Crippen LogP contribution in [0.25, 0.3) is 0 Å². The second-order valence-corrected chi connectivity index (χ2v) is 5.38. The number of nitrogens with zero attached hydrogens (tertiary/aromatic N) is 2. The molecule has 0 radical (unpaired) electrons. The van der Waals surface area contributed by atoms with E-state index in [0.717, 1.165) is 29.7 Å². The van der Waals surface area contributed by atoms with Crippen molar-refractivity contribution in [1.82, 2.24) is 9.88 Å². The number of aryl methyl sites for hydroxylation is 1. The number of hydrogen-bond donors (Lipinski definition) is 1. The minimum atomic E-state index is 0.543. The molecular formula is C14H21N3O. The van der Waals surface area contributed by atoms with Crippen LogP contribution >= 0.6 is 0 Å². The molecule has 18 heavy (non-hydrogen) atoms. The lowest BCUT2D eigenvalue weighted by atomic mass is 10.2. The summed E-state index contributed by atoms with van der Waals surface area (Å²) in [5, 5.41) is 3.61. The molecule has 98 valence electrons. The highest BCUT2D eigenvalue weighted by Gasteiger charge is 2.34. The van der Waals surface area contributed by atoms with Crippen molar-refractivity contribution in [3.05, 3.63) is 18.0 Å². The van der Waals surface area contributed by atoms with Gasteiger partial charge in [0.1, 0.15) is 0 Å². The predicted octanol–water partition coefficient (Wildman–Crippen LogP) is 2.05. The molecule has 1 saturated carbocycles. The van der Waals surface area contributed by atoms with Crippen molar-refractivity contribution in [2.75, 3.05) is 25.5 Å². The van der Waals surface area contributed by atoms with Gasteiger partial charge in [0.2, 0.25) is 0 Å². The summed E-state index contributed by atoms with van der Waals surface area (Å²) in [6.45, 7) is 4.40. The standard InChI is InChI=1S/C14H21N3O/c1-10-7-13(14(18-2)8-15-10)16-11-5-6-17(9-11)12-3-4-12/h7-8,11-12H,3-6,9H2,1-2H3,(H,15,16). The Hall–Kier alpha value is -1.29. The summed E-state index contributed by atoms with van der Waals surface area (Å²) in [7, 11) is 1.70. The highest BCUT2D eigenvalue weighted by Crippen LogP contribution is 2.32. The predicted molar refractivity (Wildman–Crippen MR) is 72.1 cm³/mol. The summed E-state index contributed by atoms with van der Waals surface area (Å²) in [5.74, 6) is 0.838. The van der Waals surface area contributed by atoms with Crippen LogP contribution in [0, 0.1) is 6.92 Å². The molecule has 1 saturated heterocycles. The van der Waals surface area contributed by atoms with Crippen LogP contribution in [-0.2, 0) is 0 Å². The molecule has 1 aromatic rings. The number of methoxy groups -OCH3 is 1. The first kappa shape index (κ1) is 11.8. The van der Waals surface area contributed by atoms with Gasteiger partial charge in [-0.3, -0.25) is 9.88 Å². The van der Waals surface area contributed by atoms with Crippen molar-refractivity contribution in [1.29, 1.82) is 0 Å². The average molecular weight is 247 g/mol. The maximum atomic E-state index is 5.36. The molecule has 3 rings (SSSR count). The molecule has 1 unspecified atom stereocenters. The molecule has 0 amide bonds. The van der Waals surface area contributed by atoms with Crippen LogP contribution in [0.4, 0.5) is 5.69 Å². The Morgan fingerprint density at radius 1 is 1.39 bits per heavy atom. The van der Waals surface area contributed by atoms with Gasteiger partial charge < -0.3 is 10.1 Å². The lowest BCUT2D eigenvalue weighted by molar-refractivity contribution is 0.326. The Morgan fingerprint density at radius 3 is 2.94 bits per heavy atom. The van der Waals surface area contributed by atoms with Crippen LogP contribution in [-0.4, -0.2) is 42.2 Å². The van der Waals surface area contributed by atoms with Gasteiger partial charge in [0.15, 0.2) is 5.75 Å². The van der Waals surface area contributed by atoms with Gasteiger partial charge in [-0.15, -0.1) is 0 Å². The Morgan fingerprint density at radius 2 is 2.22 bits per heavy atom. The number of nitrogens with one attached hydrogen (secondary N) is 1. The summed E-state index contributed by atoms with van der Waals surface area (Å²) >= 11 is 0. The van der Waals surface area contributed by atoms with E-state index >= 15 is 0 Å². The monoisotopic (exact) mass is 247 g/mol. The normalized spacial score (nSPS) is 24.2. The highest BCUT2D eigenvalue weighted by atomic mass is 16.5. The zero-order chi connectivity index (χ0) is 12.5. The fourth-order valence-electron chi connectivity index (χ4n) is 2.72. The number of pyridine rings is 1. The molecule has 2 heterocycles. The molecule has 1 N–H and O–H groups in total. The minimum Gasteiger partial charge on any atom is -0.493 e. The van der Waals surface area contributed by atoms with Crippen molar-refractivity contribution in [3.8, 4) is 5.75 Å². The first-order valence-electron chi connectivity index (χ1n) is 6.77. The van der Waals surface area contributed by atoms with E-state index in [1.54, 1.807) is 13.3 Å². The first-order chi connectivity index (χ1) is 8.76. The third kappa shape index (κ3) is 2.43. The molecule has 1 aliphatic heterocycles. The van der Waals surface area contributed by atoms with E-state index < -0.39 is 0 Å². The Balaban J connectivity index is 1.66. The van der Waals surface area contributed by atoms with E-state index in [1.165, 1.54) is 25.8 Å². The van der Waals surface area contributed by atoms with Gasteiger partial charge in [0.25, 0.3) is 0 Å². The second-order valence-electron chi connectivity index (χ2n) is 5.38. The fraction of sp³-hybridized carbons (Fsp3) is 0.643. The Labute approximate surface area is 108 Å². The molecule has 1 aliphatic carbocycles. The summed E-state index contributed by atoms with van der Waals surface area (Å²) in [4.78, 5) is 6.87. The smallest absolute Gasteiger partial charge is 0.160 e. The average Bonchev–Trinajstić information content (AvgIpc) is 3.11. The third-order valence-electron chi connectivity index (χ3n) is 3.87. The quantitative estimate of drug-likeness (QED) is 0.883. The van der Waals surface area contributed by atoms with Crippen molar-refractivity contribution in [2.24, 2.45) is 0 Å². The molecule has 0 spiro atoms. The van der Waals surface area contributed by atoms with Crippen LogP contribution in [0.2, 0.25) is 0 Å². The van der Waals surface area contributed by atoms with E-state index in [1.807, 2.05) is 6.92 Å². The molecule has 0 bridgehead atoms. The molecule has 2 aliphatic rings. The molecule has 4 nitrogen and oxygen atoms in total. The van der Waals surface area contributed by atoms with Crippen LogP contribution in [0.1, 0.15) is 25.0 Å². The number of ether oxygens (including phenoxy) is 1. The summed E-state index contributed by atoms with van der Waals surface area (Å²) in [5.41, 5.74) is 2.10. The topological polar surface area (TPSA) is 37.4 Å². The van der Waals surface area contributed by atoms with E-state index in [0.29, 0.717) is 6.04 Å². The van der Waals surface area contributed by atoms with E-state index in [2.05, 4.69) is 21.3 Å². The first-order valence-corrected chi connectivity index (χ1v) is 6.77. The highest BCUT2D eigenvalue weighted by molar-refractivity contribution is 5.56. The van der Waals surface area contributed by atoms with Crippen molar-refractivity contribution >= 4 is 5.69 Å². The van der Waals surface area contributed by atoms with Crippen LogP contribution < -0.4 is 10.1 Å². The largest absolute Gasteiger partial charge is 0.493 e. The fourth-order valence-corrected chi connectivity index (χ4v) is 2.72. The number of aromatic nitrogens is 1. The van der Waals surface area contributed by atoms with Gasteiger partial charge in [0.05, 0.1) is 19.0 Å². The lowest BCUT2D eigenvalue weighted by Gasteiger charge is -2.18. The lowest BCUT2D eigenvalue weighted by Crippen LogP contribution is -2.27. The minimum absolute atomic E-state index is 0.543. The summed E-state index contributed by atoms with van der Waals surface area (Å²) in [6.07, 6.45) is 5.81. The molecule has 0 aromatic carbocycles. The van der Waals surface area contributed by atoms with Gasteiger partial charge in [-0.05, 0) is 32.3 Å². The van der Waals surface area contributed by atoms with Gasteiger partial charge in [0, 0.05) is 30.9 Å². The summed E-state index contributed by atoms with van der Waals surface area (Å²) in [6, 6.07) is 3.48. The number of likely N-dealkylation sites (tertiary alicyclic amines) is 1.